The van der Waals surface area contributed by atoms with Gasteiger partial charge in [-0.05, 0) is 25.2 Å². The van der Waals surface area contributed by atoms with Crippen molar-refractivity contribution in [3.8, 4) is 0 Å². The van der Waals surface area contributed by atoms with E-state index in [4.69, 9.17) is 5.11 Å². The van der Waals surface area contributed by atoms with Gasteiger partial charge in [-0.1, -0.05) is 26.7 Å². The number of urea groups is 1. The third-order valence-electron chi connectivity index (χ3n) is 4.46. The average Bonchev–Trinajstić information content (AvgIpc) is 2.79. The minimum atomic E-state index is -0.788. The predicted octanol–water partition coefficient (Wildman–Crippen LogP) is 2.41. The SMILES string of the molecule is CC(C)CCN(C(=O)N1CC(C(=O)O)C1)C1CCCC1. The Balaban J connectivity index is 1.91. The second kappa shape index (κ2) is 6.46. The Morgan fingerprint density at radius 2 is 1.85 bits per heavy atom. The van der Waals surface area contributed by atoms with Gasteiger partial charge in [-0.25, -0.2) is 4.79 Å². The first-order valence-corrected chi connectivity index (χ1v) is 7.77. The Morgan fingerprint density at radius 3 is 2.35 bits per heavy atom. The Labute approximate surface area is 120 Å². The van der Waals surface area contributed by atoms with Gasteiger partial charge in [0.2, 0.25) is 0 Å². The van der Waals surface area contributed by atoms with Crippen molar-refractivity contribution >= 4 is 12.0 Å². The van der Waals surface area contributed by atoms with Crippen LogP contribution in [0, 0.1) is 11.8 Å². The Bertz CT molecular complexity index is 358. The smallest absolute Gasteiger partial charge is 0.320 e. The molecule has 0 atom stereocenters. The zero-order chi connectivity index (χ0) is 14.7. The van der Waals surface area contributed by atoms with Crippen molar-refractivity contribution in [2.75, 3.05) is 19.6 Å². The van der Waals surface area contributed by atoms with Gasteiger partial charge >= 0.3 is 12.0 Å². The molecule has 1 N–H and O–H groups in total. The van der Waals surface area contributed by atoms with Gasteiger partial charge in [-0.2, -0.15) is 0 Å². The molecule has 1 heterocycles. The van der Waals surface area contributed by atoms with Gasteiger partial charge in [-0.3, -0.25) is 4.79 Å². The van der Waals surface area contributed by atoms with Crippen LogP contribution in [0.1, 0.15) is 46.0 Å². The highest BCUT2D eigenvalue weighted by Crippen LogP contribution is 2.27. The number of carbonyl (C=O) groups is 2. The maximum Gasteiger partial charge on any atom is 0.320 e. The molecule has 5 heteroatoms. The lowest BCUT2D eigenvalue weighted by atomic mass is 10.0. The van der Waals surface area contributed by atoms with Crippen LogP contribution in [0.3, 0.4) is 0 Å². The van der Waals surface area contributed by atoms with Crippen LogP contribution in [0.4, 0.5) is 4.79 Å². The summed E-state index contributed by atoms with van der Waals surface area (Å²) in [6.07, 6.45) is 5.61. The van der Waals surface area contributed by atoms with Crippen molar-refractivity contribution in [1.29, 1.82) is 0 Å². The van der Waals surface area contributed by atoms with Crippen molar-refractivity contribution in [2.45, 2.75) is 52.0 Å². The van der Waals surface area contributed by atoms with Crippen molar-refractivity contribution in [2.24, 2.45) is 11.8 Å². The van der Waals surface area contributed by atoms with E-state index in [0.29, 0.717) is 25.0 Å². The van der Waals surface area contributed by atoms with E-state index in [1.165, 1.54) is 12.8 Å². The monoisotopic (exact) mass is 282 g/mol. The topological polar surface area (TPSA) is 60.9 Å². The van der Waals surface area contributed by atoms with Crippen LogP contribution in [0.5, 0.6) is 0 Å². The van der Waals surface area contributed by atoms with Crippen LogP contribution >= 0.6 is 0 Å². The summed E-state index contributed by atoms with van der Waals surface area (Å²) < 4.78 is 0. The molecule has 1 aliphatic carbocycles. The van der Waals surface area contributed by atoms with E-state index in [9.17, 15) is 9.59 Å². The highest BCUT2D eigenvalue weighted by molar-refractivity contribution is 5.80. The molecular formula is C15H26N2O3. The van der Waals surface area contributed by atoms with Gasteiger partial charge in [0.15, 0.2) is 0 Å². The molecular weight excluding hydrogens is 256 g/mol. The number of aliphatic carboxylic acids is 1. The standard InChI is InChI=1S/C15H26N2O3/c1-11(2)7-8-17(13-5-3-4-6-13)15(20)16-9-12(10-16)14(18)19/h11-13H,3-10H2,1-2H3,(H,18,19). The van der Waals surface area contributed by atoms with Crippen molar-refractivity contribution in [1.82, 2.24) is 9.80 Å². The van der Waals surface area contributed by atoms with E-state index < -0.39 is 5.97 Å². The van der Waals surface area contributed by atoms with Crippen molar-refractivity contribution < 1.29 is 14.7 Å². The van der Waals surface area contributed by atoms with Gasteiger partial charge in [0.1, 0.15) is 0 Å². The number of carboxylic acid groups (broad SMARTS) is 1. The molecule has 2 rings (SSSR count). The van der Waals surface area contributed by atoms with Crippen LogP contribution in [-0.4, -0.2) is 52.6 Å². The molecule has 1 saturated carbocycles. The lowest BCUT2D eigenvalue weighted by molar-refractivity contribution is -0.146. The number of carboxylic acids is 1. The normalized spacial score (nSPS) is 20.2. The van der Waals surface area contributed by atoms with Gasteiger partial charge in [-0.15, -0.1) is 0 Å². The molecule has 5 nitrogen and oxygen atoms in total. The molecule has 0 aromatic carbocycles. The summed E-state index contributed by atoms with van der Waals surface area (Å²) in [4.78, 5) is 27.1. The molecule has 2 aliphatic rings. The van der Waals surface area contributed by atoms with Crippen molar-refractivity contribution in [3.63, 3.8) is 0 Å². The molecule has 114 valence electrons. The van der Waals surface area contributed by atoms with E-state index in [0.717, 1.165) is 25.8 Å². The van der Waals surface area contributed by atoms with Crippen molar-refractivity contribution in [3.05, 3.63) is 0 Å². The Kier molecular flexibility index (Phi) is 4.89. The third kappa shape index (κ3) is 3.44. The first-order valence-electron chi connectivity index (χ1n) is 7.77. The highest BCUT2D eigenvalue weighted by Gasteiger charge is 2.39. The second-order valence-corrected chi connectivity index (χ2v) is 6.54. The maximum absolute atomic E-state index is 12.6. The van der Waals surface area contributed by atoms with Gasteiger partial charge in [0.25, 0.3) is 0 Å². The van der Waals surface area contributed by atoms with Gasteiger partial charge < -0.3 is 14.9 Å². The third-order valence-corrected chi connectivity index (χ3v) is 4.46. The number of likely N-dealkylation sites (tertiary alicyclic amines) is 1. The molecule has 0 bridgehead atoms. The fourth-order valence-electron chi connectivity index (χ4n) is 3.02. The largest absolute Gasteiger partial charge is 0.481 e. The summed E-state index contributed by atoms with van der Waals surface area (Å²) in [6, 6.07) is 0.417. The summed E-state index contributed by atoms with van der Waals surface area (Å²) in [5, 5.41) is 8.91. The summed E-state index contributed by atoms with van der Waals surface area (Å²) in [6.45, 7) is 5.89. The summed E-state index contributed by atoms with van der Waals surface area (Å²) in [5.41, 5.74) is 0. The molecule has 2 fully saturated rings. The number of hydrogen-bond donors (Lipinski definition) is 1. The quantitative estimate of drug-likeness (QED) is 0.842. The Hall–Kier alpha value is -1.26. The number of nitrogens with zero attached hydrogens (tertiary/aromatic N) is 2. The zero-order valence-corrected chi connectivity index (χ0v) is 12.5. The van der Waals surface area contributed by atoms with E-state index in [-0.39, 0.29) is 11.9 Å². The molecule has 0 spiro atoms. The molecule has 20 heavy (non-hydrogen) atoms. The lowest BCUT2D eigenvalue weighted by Crippen LogP contribution is -2.58. The van der Waals surface area contributed by atoms with Gasteiger partial charge in [0.05, 0.1) is 5.92 Å². The zero-order valence-electron chi connectivity index (χ0n) is 12.5. The molecule has 0 aromatic heterocycles. The van der Waals surface area contributed by atoms with Crippen LogP contribution in [0.25, 0.3) is 0 Å². The summed E-state index contributed by atoms with van der Waals surface area (Å²) in [7, 11) is 0. The molecule has 0 aromatic rings. The number of hydrogen-bond acceptors (Lipinski definition) is 2. The molecule has 1 saturated heterocycles. The van der Waals surface area contributed by atoms with Crippen LogP contribution in [0.2, 0.25) is 0 Å². The fourth-order valence-corrected chi connectivity index (χ4v) is 3.02. The first kappa shape index (κ1) is 15.1. The number of carbonyl (C=O) groups excluding carboxylic acids is 1. The molecule has 1 aliphatic heterocycles. The molecule has 2 amide bonds. The minimum absolute atomic E-state index is 0.0510. The first-order chi connectivity index (χ1) is 9.49. The highest BCUT2D eigenvalue weighted by atomic mass is 16.4. The summed E-state index contributed by atoms with van der Waals surface area (Å²) >= 11 is 0. The summed E-state index contributed by atoms with van der Waals surface area (Å²) in [5.74, 6) is -0.576. The van der Waals surface area contributed by atoms with Crippen LogP contribution in [0.15, 0.2) is 0 Å². The van der Waals surface area contributed by atoms with E-state index >= 15 is 0 Å². The predicted molar refractivity (Wildman–Crippen MR) is 76.5 cm³/mol. The maximum atomic E-state index is 12.6. The Morgan fingerprint density at radius 1 is 1.25 bits per heavy atom. The lowest BCUT2D eigenvalue weighted by Gasteiger charge is -2.42. The number of rotatable bonds is 5. The van der Waals surface area contributed by atoms with E-state index in [1.807, 2.05) is 4.90 Å². The molecule has 0 radical (unpaired) electrons. The average molecular weight is 282 g/mol. The van der Waals surface area contributed by atoms with Crippen LogP contribution < -0.4 is 0 Å². The van der Waals surface area contributed by atoms with E-state index in [2.05, 4.69) is 13.8 Å². The molecule has 0 unspecified atom stereocenters. The minimum Gasteiger partial charge on any atom is -0.481 e. The van der Waals surface area contributed by atoms with E-state index in [1.54, 1.807) is 4.90 Å². The van der Waals surface area contributed by atoms with Gasteiger partial charge in [0, 0.05) is 25.7 Å². The number of amides is 2. The second-order valence-electron chi connectivity index (χ2n) is 6.54. The fraction of sp³-hybridized carbons (Fsp3) is 0.867. The van der Waals surface area contributed by atoms with Crippen LogP contribution in [-0.2, 0) is 4.79 Å².